The van der Waals surface area contributed by atoms with E-state index in [-0.39, 0.29) is 30.3 Å². The molecule has 0 aromatic heterocycles. The van der Waals surface area contributed by atoms with Crippen molar-refractivity contribution in [3.63, 3.8) is 0 Å². The van der Waals surface area contributed by atoms with E-state index in [1.165, 1.54) is 7.11 Å². The minimum atomic E-state index is -0.368. The van der Waals surface area contributed by atoms with E-state index in [1.807, 2.05) is 24.3 Å². The molecule has 2 N–H and O–H groups in total. The molecule has 30 heavy (non-hydrogen) atoms. The Hall–Kier alpha value is -3.35. The summed E-state index contributed by atoms with van der Waals surface area (Å²) in [6.07, 6.45) is 0.675. The average molecular weight is 407 g/mol. The fourth-order valence-electron chi connectivity index (χ4n) is 3.75. The van der Waals surface area contributed by atoms with Crippen LogP contribution in [0, 0.1) is 5.92 Å². The highest BCUT2D eigenvalue weighted by Crippen LogP contribution is 2.24. The van der Waals surface area contributed by atoms with Gasteiger partial charge in [-0.15, -0.1) is 0 Å². The zero-order chi connectivity index (χ0) is 20.9. The Morgan fingerprint density at radius 2 is 1.73 bits per heavy atom. The van der Waals surface area contributed by atoms with Crippen molar-refractivity contribution < 1.29 is 19.1 Å². The van der Waals surface area contributed by atoms with Crippen molar-refractivity contribution in [2.24, 2.45) is 10.9 Å². The number of ether oxygens (including phenoxy) is 2. The van der Waals surface area contributed by atoms with Gasteiger partial charge in [-0.25, -0.2) is 0 Å². The molecule has 7 heteroatoms. The van der Waals surface area contributed by atoms with Crippen LogP contribution in [0.5, 0.6) is 5.75 Å². The molecule has 2 heterocycles. The lowest BCUT2D eigenvalue weighted by Crippen LogP contribution is -2.31. The number of amidine groups is 1. The number of nitrogens with one attached hydrogen (secondary N) is 2. The fourth-order valence-corrected chi connectivity index (χ4v) is 3.75. The summed E-state index contributed by atoms with van der Waals surface area (Å²) in [5.41, 5.74) is 3.32. The molecule has 0 aliphatic carbocycles. The number of hydrogen-bond donors (Lipinski definition) is 2. The van der Waals surface area contributed by atoms with E-state index in [1.54, 1.807) is 0 Å². The van der Waals surface area contributed by atoms with Gasteiger partial charge in [-0.2, -0.15) is 0 Å². The number of aliphatic imine (C=N–C) groups is 1. The van der Waals surface area contributed by atoms with Gasteiger partial charge in [0.15, 0.2) is 0 Å². The Labute approximate surface area is 175 Å². The molecule has 1 amide bonds. The summed E-state index contributed by atoms with van der Waals surface area (Å²) in [5, 5.41) is 6.16. The quantitative estimate of drug-likeness (QED) is 0.687. The van der Waals surface area contributed by atoms with Crippen molar-refractivity contribution in [3.05, 3.63) is 54.1 Å². The number of carbonyl (C=O) groups excluding carboxylic acids is 2. The molecule has 2 aromatic carbocycles. The normalized spacial score (nSPS) is 20.3. The zero-order valence-corrected chi connectivity index (χ0v) is 16.9. The van der Waals surface area contributed by atoms with Crippen molar-refractivity contribution in [1.82, 2.24) is 10.6 Å². The van der Waals surface area contributed by atoms with E-state index in [0.717, 1.165) is 41.4 Å². The molecule has 1 fully saturated rings. The molecule has 4 rings (SSSR count). The molecule has 2 atom stereocenters. The number of carbonyl (C=O) groups is 2. The van der Waals surface area contributed by atoms with Crippen molar-refractivity contribution in [3.8, 4) is 16.9 Å². The molecule has 7 nitrogen and oxygen atoms in total. The van der Waals surface area contributed by atoms with Gasteiger partial charge in [0.05, 0.1) is 32.0 Å². The topological polar surface area (TPSA) is 89.0 Å². The number of amides is 1. The summed E-state index contributed by atoms with van der Waals surface area (Å²) in [7, 11) is 1.33. The number of esters is 1. The second kappa shape index (κ2) is 8.98. The van der Waals surface area contributed by atoms with Crippen molar-refractivity contribution >= 4 is 17.7 Å². The molecule has 1 saturated heterocycles. The van der Waals surface area contributed by atoms with Crippen molar-refractivity contribution in [1.29, 1.82) is 0 Å². The Morgan fingerprint density at radius 3 is 2.37 bits per heavy atom. The lowest BCUT2D eigenvalue weighted by molar-refractivity contribution is -0.143. The van der Waals surface area contributed by atoms with Gasteiger partial charge in [0.25, 0.3) is 0 Å². The van der Waals surface area contributed by atoms with E-state index < -0.39 is 0 Å². The van der Waals surface area contributed by atoms with E-state index in [0.29, 0.717) is 13.0 Å². The van der Waals surface area contributed by atoms with Crippen LogP contribution in [-0.4, -0.2) is 50.6 Å². The largest absolute Gasteiger partial charge is 0.491 e. The number of methoxy groups -OCH3 is 1. The Balaban J connectivity index is 1.31. The highest BCUT2D eigenvalue weighted by molar-refractivity contribution is 6.00. The molecule has 0 bridgehead atoms. The van der Waals surface area contributed by atoms with Crippen molar-refractivity contribution in [2.75, 3.05) is 26.8 Å². The Bertz CT molecular complexity index is 938. The van der Waals surface area contributed by atoms with Crippen LogP contribution in [0.3, 0.4) is 0 Å². The first kappa shape index (κ1) is 19.9. The number of hydrogen-bond acceptors (Lipinski definition) is 6. The summed E-state index contributed by atoms with van der Waals surface area (Å²) in [6.45, 7) is 2.09. The van der Waals surface area contributed by atoms with E-state index in [4.69, 9.17) is 4.74 Å². The lowest BCUT2D eigenvalue weighted by Gasteiger charge is -2.12. The molecule has 0 radical (unpaired) electrons. The first-order valence-corrected chi connectivity index (χ1v) is 10.1. The predicted octanol–water partition coefficient (Wildman–Crippen LogP) is 2.15. The summed E-state index contributed by atoms with van der Waals surface area (Å²) in [5.74, 6) is 0.866. The molecule has 2 aliphatic rings. The van der Waals surface area contributed by atoms with E-state index in [2.05, 4.69) is 44.6 Å². The molecular formula is C23H25N3O4. The van der Waals surface area contributed by atoms with Gasteiger partial charge in [0, 0.05) is 12.1 Å². The van der Waals surface area contributed by atoms with Crippen molar-refractivity contribution in [2.45, 2.75) is 18.9 Å². The van der Waals surface area contributed by atoms with Gasteiger partial charge in [0.2, 0.25) is 5.91 Å². The summed E-state index contributed by atoms with van der Waals surface area (Å²) in [6, 6.07) is 16.1. The van der Waals surface area contributed by atoms with Crippen LogP contribution >= 0.6 is 0 Å². The van der Waals surface area contributed by atoms with Gasteiger partial charge >= 0.3 is 5.97 Å². The maximum absolute atomic E-state index is 12.0. The molecule has 2 aromatic rings. The van der Waals surface area contributed by atoms with Crippen LogP contribution in [-0.2, 0) is 14.3 Å². The van der Waals surface area contributed by atoms with Gasteiger partial charge in [-0.1, -0.05) is 36.4 Å². The van der Waals surface area contributed by atoms with Gasteiger partial charge in [-0.3, -0.25) is 14.6 Å². The SMILES string of the molecule is COC(=O)C[C@@H]1C[C@@H](COc2ccc(-c3ccc(C4=NCCN4)cc3)cc2)NC1=O. The monoisotopic (exact) mass is 407 g/mol. The number of nitrogens with zero attached hydrogens (tertiary/aromatic N) is 1. The van der Waals surface area contributed by atoms with Crippen LogP contribution in [0.4, 0.5) is 0 Å². The molecule has 2 aliphatic heterocycles. The molecular weight excluding hydrogens is 382 g/mol. The average Bonchev–Trinajstić information content (AvgIpc) is 3.43. The summed E-state index contributed by atoms with van der Waals surface area (Å²) in [4.78, 5) is 27.8. The smallest absolute Gasteiger partial charge is 0.306 e. The summed E-state index contributed by atoms with van der Waals surface area (Å²) >= 11 is 0. The third-order valence-electron chi connectivity index (χ3n) is 5.40. The fraction of sp³-hybridized carbons (Fsp3) is 0.348. The maximum atomic E-state index is 12.0. The van der Waals surface area contributed by atoms with Crippen LogP contribution < -0.4 is 15.4 Å². The summed E-state index contributed by atoms with van der Waals surface area (Å²) < 4.78 is 10.5. The van der Waals surface area contributed by atoms with Crippen LogP contribution in [0.25, 0.3) is 11.1 Å². The third-order valence-corrected chi connectivity index (χ3v) is 5.40. The minimum absolute atomic E-state index is 0.105. The first-order chi connectivity index (χ1) is 14.6. The number of rotatable bonds is 7. The minimum Gasteiger partial charge on any atom is -0.491 e. The highest BCUT2D eigenvalue weighted by Gasteiger charge is 2.34. The van der Waals surface area contributed by atoms with Gasteiger partial charge in [0.1, 0.15) is 18.2 Å². The third kappa shape index (κ3) is 4.62. The van der Waals surface area contributed by atoms with Gasteiger partial charge < -0.3 is 20.1 Å². The lowest BCUT2D eigenvalue weighted by atomic mass is 10.0. The predicted molar refractivity (Wildman–Crippen MR) is 113 cm³/mol. The maximum Gasteiger partial charge on any atom is 0.306 e. The second-order valence-corrected chi connectivity index (χ2v) is 7.49. The van der Waals surface area contributed by atoms with Gasteiger partial charge in [-0.05, 0) is 29.7 Å². The Morgan fingerprint density at radius 1 is 1.07 bits per heavy atom. The molecule has 0 saturated carbocycles. The Kier molecular flexibility index (Phi) is 5.97. The van der Waals surface area contributed by atoms with E-state index in [9.17, 15) is 9.59 Å². The number of benzene rings is 2. The zero-order valence-electron chi connectivity index (χ0n) is 16.9. The first-order valence-electron chi connectivity index (χ1n) is 10.1. The van der Waals surface area contributed by atoms with Crippen LogP contribution in [0.1, 0.15) is 18.4 Å². The van der Waals surface area contributed by atoms with E-state index >= 15 is 0 Å². The molecule has 0 spiro atoms. The van der Waals surface area contributed by atoms with Crippen LogP contribution in [0.2, 0.25) is 0 Å². The standard InChI is InChI=1S/C23H25N3O4/c1-29-21(27)13-18-12-19(26-23(18)28)14-30-20-8-6-16(7-9-20)15-2-4-17(5-3-15)22-24-10-11-25-22/h2-9,18-19H,10-14H2,1H3,(H,24,25)(H,26,28)/t18-,19-/m0/s1. The molecule has 156 valence electrons. The molecule has 0 unspecified atom stereocenters. The second-order valence-electron chi connectivity index (χ2n) is 7.49. The highest BCUT2D eigenvalue weighted by atomic mass is 16.5. The van der Waals surface area contributed by atoms with Crippen LogP contribution in [0.15, 0.2) is 53.5 Å².